The van der Waals surface area contributed by atoms with Crippen molar-refractivity contribution >= 4 is 67.2 Å². The van der Waals surface area contributed by atoms with Crippen molar-refractivity contribution in [1.29, 1.82) is 0 Å². The Morgan fingerprint density at radius 3 is 1.82 bits per heavy atom. The molecule has 0 unspecified atom stereocenters. The first-order chi connectivity index (χ1) is 19.5. The lowest BCUT2D eigenvalue weighted by atomic mass is 10.2. The molecule has 1 aliphatic heterocycles. The van der Waals surface area contributed by atoms with Crippen LogP contribution in [-0.4, -0.2) is 99.4 Å². The van der Waals surface area contributed by atoms with Gasteiger partial charge in [-0.05, 0) is 36.8 Å². The van der Waals surface area contributed by atoms with Gasteiger partial charge in [-0.1, -0.05) is 15.9 Å². The molecule has 0 bridgehead atoms. The number of rotatable bonds is 9. The second-order valence-electron chi connectivity index (χ2n) is 8.86. The number of alkyl halides is 1. The monoisotopic (exact) mass is 644 g/mol. The van der Waals surface area contributed by atoms with Crippen molar-refractivity contribution in [1.82, 2.24) is 29.7 Å². The molecule has 40 heavy (non-hydrogen) atoms. The van der Waals surface area contributed by atoms with Crippen molar-refractivity contribution in [2.45, 2.75) is 17.0 Å². The fourth-order valence-electron chi connectivity index (χ4n) is 4.26. The Morgan fingerprint density at radius 1 is 0.825 bits per heavy atom. The maximum absolute atomic E-state index is 11.3. The lowest BCUT2D eigenvalue weighted by Crippen LogP contribution is -2.48. The van der Waals surface area contributed by atoms with Crippen LogP contribution >= 0.6 is 39.5 Å². The Bertz CT molecular complexity index is 1420. The summed E-state index contributed by atoms with van der Waals surface area (Å²) in [7, 11) is 0. The predicted octanol–water partition coefficient (Wildman–Crippen LogP) is 5.02. The molecule has 2 aromatic heterocycles. The summed E-state index contributed by atoms with van der Waals surface area (Å²) < 4.78 is 11.4. The fourth-order valence-corrected chi connectivity index (χ4v) is 5.52. The number of halogens is 1. The van der Waals surface area contributed by atoms with Crippen LogP contribution in [0.2, 0.25) is 0 Å². The van der Waals surface area contributed by atoms with Crippen LogP contribution in [0.15, 0.2) is 59.1 Å². The van der Waals surface area contributed by atoms with E-state index in [9.17, 15) is 4.79 Å². The summed E-state index contributed by atoms with van der Waals surface area (Å²) in [5.74, 6) is 1.84. The zero-order valence-electron chi connectivity index (χ0n) is 22.9. The molecule has 212 valence electrons. The van der Waals surface area contributed by atoms with Gasteiger partial charge in [-0.3, -0.25) is 9.69 Å². The van der Waals surface area contributed by atoms with E-state index in [4.69, 9.17) is 9.47 Å². The summed E-state index contributed by atoms with van der Waals surface area (Å²) in [5.41, 5.74) is 1.83. The van der Waals surface area contributed by atoms with E-state index in [1.165, 1.54) is 0 Å². The molecule has 9 nitrogen and oxygen atoms in total. The first-order valence-corrected chi connectivity index (χ1v) is 16.5. The summed E-state index contributed by atoms with van der Waals surface area (Å²) in [6.07, 6.45) is 7.20. The second kappa shape index (κ2) is 15.4. The number of hydrogen-bond donors (Lipinski definition) is 0. The molecule has 4 aromatic rings. The van der Waals surface area contributed by atoms with Gasteiger partial charge in [-0.2, -0.15) is 0 Å². The van der Waals surface area contributed by atoms with E-state index in [2.05, 4.69) is 40.8 Å². The van der Waals surface area contributed by atoms with Crippen molar-refractivity contribution in [3.8, 4) is 11.5 Å². The van der Waals surface area contributed by atoms with Gasteiger partial charge in [0, 0.05) is 67.9 Å². The van der Waals surface area contributed by atoms with Gasteiger partial charge >= 0.3 is 0 Å². The van der Waals surface area contributed by atoms with Crippen LogP contribution in [0.1, 0.15) is 6.92 Å². The van der Waals surface area contributed by atoms with E-state index in [0.717, 1.165) is 81.4 Å². The summed E-state index contributed by atoms with van der Waals surface area (Å²) in [4.78, 5) is 32.6. The van der Waals surface area contributed by atoms with Gasteiger partial charge in [0.2, 0.25) is 5.91 Å². The lowest BCUT2D eigenvalue weighted by Gasteiger charge is -2.34. The van der Waals surface area contributed by atoms with E-state index in [1.807, 2.05) is 53.8 Å². The molecule has 0 N–H and O–H groups in total. The first kappa shape index (κ1) is 30.3. The molecule has 0 saturated carbocycles. The molecule has 0 atom stereocenters. The molecule has 5 rings (SSSR count). The Kier molecular flexibility index (Phi) is 11.6. The Hall–Kier alpha value is -2.67. The Morgan fingerprint density at radius 2 is 1.35 bits per heavy atom. The van der Waals surface area contributed by atoms with Crippen LogP contribution in [0.25, 0.3) is 21.8 Å². The molecule has 0 spiro atoms. The highest BCUT2D eigenvalue weighted by molar-refractivity contribution is 9.09. The number of carbonyl (C=O) groups is 1. The molecule has 12 heteroatoms. The van der Waals surface area contributed by atoms with Gasteiger partial charge in [0.25, 0.3) is 0 Å². The highest BCUT2D eigenvalue weighted by atomic mass is 79.9. The SMILES string of the molecule is CSc1ncnc2cc(OCCBr)ccc12.CSc1ncnc2cc(OCCN3CCN(C(C)=O)CC3)ccc12. The topological polar surface area (TPSA) is 93.6 Å². The maximum Gasteiger partial charge on any atom is 0.219 e. The summed E-state index contributed by atoms with van der Waals surface area (Å²) >= 11 is 6.56. The lowest BCUT2D eigenvalue weighted by molar-refractivity contribution is -0.130. The molecule has 1 fully saturated rings. The minimum Gasteiger partial charge on any atom is -0.493 e. The van der Waals surface area contributed by atoms with Crippen LogP contribution < -0.4 is 9.47 Å². The summed E-state index contributed by atoms with van der Waals surface area (Å²) in [6.45, 7) is 7.21. The van der Waals surface area contributed by atoms with Crippen LogP contribution in [-0.2, 0) is 4.79 Å². The van der Waals surface area contributed by atoms with E-state index in [-0.39, 0.29) is 5.91 Å². The van der Waals surface area contributed by atoms with Gasteiger partial charge in [0.15, 0.2) is 0 Å². The largest absolute Gasteiger partial charge is 0.493 e. The molecule has 2 aromatic carbocycles. The predicted molar refractivity (Wildman–Crippen MR) is 166 cm³/mol. The third kappa shape index (κ3) is 8.18. The molecular weight excluding hydrogens is 612 g/mol. The number of amides is 1. The number of ether oxygens (including phenoxy) is 2. The number of piperazine rings is 1. The third-order valence-electron chi connectivity index (χ3n) is 6.37. The van der Waals surface area contributed by atoms with Gasteiger partial charge < -0.3 is 14.4 Å². The van der Waals surface area contributed by atoms with E-state index >= 15 is 0 Å². The van der Waals surface area contributed by atoms with E-state index in [0.29, 0.717) is 13.2 Å². The molecular formula is C28H33BrN6O3S2. The van der Waals surface area contributed by atoms with Crippen LogP contribution in [0.5, 0.6) is 11.5 Å². The normalized spacial score (nSPS) is 13.7. The minimum absolute atomic E-state index is 0.161. The Balaban J connectivity index is 0.000000201. The highest BCUT2D eigenvalue weighted by Crippen LogP contribution is 2.26. The van der Waals surface area contributed by atoms with Gasteiger partial charge in [0.1, 0.15) is 40.8 Å². The van der Waals surface area contributed by atoms with Crippen LogP contribution in [0.4, 0.5) is 0 Å². The van der Waals surface area contributed by atoms with Crippen molar-refractivity contribution in [2.24, 2.45) is 0 Å². The quantitative estimate of drug-likeness (QED) is 0.140. The summed E-state index contributed by atoms with van der Waals surface area (Å²) in [6, 6.07) is 11.9. The number of benzene rings is 2. The molecule has 0 radical (unpaired) electrons. The Labute approximate surface area is 251 Å². The van der Waals surface area contributed by atoms with Gasteiger partial charge in [0.05, 0.1) is 17.6 Å². The zero-order valence-corrected chi connectivity index (χ0v) is 26.1. The van der Waals surface area contributed by atoms with Crippen molar-refractivity contribution in [2.75, 3.05) is 63.8 Å². The number of hydrogen-bond acceptors (Lipinski definition) is 10. The van der Waals surface area contributed by atoms with E-state index in [1.54, 1.807) is 43.1 Å². The third-order valence-corrected chi connectivity index (χ3v) is 8.12. The number of nitrogens with zero attached hydrogens (tertiary/aromatic N) is 6. The van der Waals surface area contributed by atoms with Crippen molar-refractivity contribution in [3.05, 3.63) is 49.1 Å². The zero-order chi connectivity index (χ0) is 28.3. The van der Waals surface area contributed by atoms with Crippen LogP contribution in [0.3, 0.4) is 0 Å². The standard InChI is InChI=1S/C17H22N4O2S.C11H11BrN2OS/c1-13(22)21-7-5-20(6-8-21)9-10-23-14-3-4-15-16(11-14)18-12-19-17(15)24-2;1-16-11-9-3-2-8(15-5-4-12)6-10(9)13-7-14-11/h3-4,11-12H,5-10H2,1-2H3;2-3,6-7H,4-5H2,1H3. The summed E-state index contributed by atoms with van der Waals surface area (Å²) in [5, 5.41) is 4.93. The molecule has 0 aliphatic carbocycles. The maximum atomic E-state index is 11.3. The first-order valence-electron chi connectivity index (χ1n) is 12.9. The minimum atomic E-state index is 0.161. The average Bonchev–Trinajstić information content (AvgIpc) is 2.99. The van der Waals surface area contributed by atoms with Gasteiger partial charge in [-0.25, -0.2) is 19.9 Å². The highest BCUT2D eigenvalue weighted by Gasteiger charge is 2.18. The molecule has 3 heterocycles. The number of carbonyl (C=O) groups excluding carboxylic acids is 1. The average molecular weight is 646 g/mol. The van der Waals surface area contributed by atoms with Crippen molar-refractivity contribution < 1.29 is 14.3 Å². The number of fused-ring (bicyclic) bond motifs is 2. The van der Waals surface area contributed by atoms with Gasteiger partial charge in [-0.15, -0.1) is 23.5 Å². The fraction of sp³-hybridized carbons (Fsp3) is 0.393. The number of aromatic nitrogens is 4. The molecule has 1 saturated heterocycles. The van der Waals surface area contributed by atoms with E-state index < -0.39 is 0 Å². The van der Waals surface area contributed by atoms with Crippen LogP contribution in [0, 0.1) is 0 Å². The number of thioether (sulfide) groups is 2. The molecule has 1 aliphatic rings. The smallest absolute Gasteiger partial charge is 0.219 e. The van der Waals surface area contributed by atoms with Crippen molar-refractivity contribution in [3.63, 3.8) is 0 Å². The molecule has 1 amide bonds. The second-order valence-corrected chi connectivity index (χ2v) is 11.2.